The quantitative estimate of drug-likeness (QED) is 0.0332. The Labute approximate surface area is 426 Å². The summed E-state index contributed by atoms with van der Waals surface area (Å²) in [6.45, 7) is 19.8. The fourth-order valence-corrected chi connectivity index (χ4v) is 9.79. The van der Waals surface area contributed by atoms with Crippen LogP contribution in [-0.4, -0.2) is 98.9 Å². The summed E-state index contributed by atoms with van der Waals surface area (Å²) in [4.78, 5) is 56.8. The van der Waals surface area contributed by atoms with Gasteiger partial charge < -0.3 is 23.8 Å². The molecule has 1 fully saturated rings. The van der Waals surface area contributed by atoms with Crippen LogP contribution in [0.25, 0.3) is 0 Å². The average Bonchev–Trinajstić information content (AvgIpc) is 3.71. The second kappa shape index (κ2) is 40.3. The second-order valence-electron chi connectivity index (χ2n) is 22.7. The highest BCUT2D eigenvalue weighted by Gasteiger charge is 2.39. The molecule has 10 nitrogen and oxygen atoms in total. The van der Waals surface area contributed by atoms with Crippen LogP contribution >= 0.6 is 0 Å². The van der Waals surface area contributed by atoms with E-state index in [-0.39, 0.29) is 36.1 Å². The molecule has 69 heavy (non-hydrogen) atoms. The van der Waals surface area contributed by atoms with Crippen molar-refractivity contribution in [3.63, 3.8) is 0 Å². The molecule has 0 aromatic rings. The summed E-state index contributed by atoms with van der Waals surface area (Å²) in [6, 6.07) is -0.434. The SMILES string of the molecule is CCCCCCCCC(CCCCCC)OC(=O)C(C)(C)CCCCCCOC(=O)[C@@H]1C[C@H](OC(=O)CCN(C)C)CN1CCCCCCC(C)(C)C(=O)OCCCC(CCCCC)CCCCC. The van der Waals surface area contributed by atoms with Crippen LogP contribution in [0.3, 0.4) is 0 Å². The van der Waals surface area contributed by atoms with Crippen molar-refractivity contribution in [3.8, 4) is 0 Å². The van der Waals surface area contributed by atoms with Crippen molar-refractivity contribution in [3.05, 3.63) is 0 Å². The van der Waals surface area contributed by atoms with E-state index >= 15 is 0 Å². The standard InChI is InChI=1S/C59H112N2O8/c1-11-15-19-21-22-30-40-51(39-29-20-16-12-2)69-57(65)59(7,8)43-32-24-26-34-46-66-55(63)53-48-52(68-54(62)41-45-60(9)10)49-61(53)44-33-25-23-31-42-58(5,6)56(64)67-47-35-38-50(36-27-17-13-3)37-28-18-14-4/h50-53H,11-49H2,1-10H3/t51?,52-,53-/m0/s1. The molecule has 1 aliphatic rings. The Morgan fingerprint density at radius 2 is 1.01 bits per heavy atom. The van der Waals surface area contributed by atoms with Gasteiger partial charge in [0.25, 0.3) is 0 Å². The number of carbonyl (C=O) groups is 4. The van der Waals surface area contributed by atoms with Crippen molar-refractivity contribution in [2.24, 2.45) is 16.7 Å². The smallest absolute Gasteiger partial charge is 0.323 e. The highest BCUT2D eigenvalue weighted by molar-refractivity contribution is 5.77. The molecule has 0 radical (unpaired) electrons. The first-order valence-corrected chi connectivity index (χ1v) is 29.2. The van der Waals surface area contributed by atoms with Gasteiger partial charge in [-0.15, -0.1) is 0 Å². The number of likely N-dealkylation sites (tertiary alicyclic amines) is 1. The zero-order valence-corrected chi connectivity index (χ0v) is 47.0. The monoisotopic (exact) mass is 977 g/mol. The van der Waals surface area contributed by atoms with Gasteiger partial charge in [-0.1, -0.05) is 169 Å². The van der Waals surface area contributed by atoms with Crippen molar-refractivity contribution in [1.29, 1.82) is 0 Å². The van der Waals surface area contributed by atoms with Crippen molar-refractivity contribution < 1.29 is 38.1 Å². The van der Waals surface area contributed by atoms with Crippen molar-refractivity contribution >= 4 is 23.9 Å². The first-order chi connectivity index (χ1) is 33.1. The molecule has 3 atom stereocenters. The number of hydrogen-bond acceptors (Lipinski definition) is 10. The van der Waals surface area contributed by atoms with Crippen LogP contribution in [0.5, 0.6) is 0 Å². The van der Waals surface area contributed by atoms with Crippen LogP contribution in [-0.2, 0) is 38.1 Å². The Bertz CT molecular complexity index is 1290. The molecule has 0 bridgehead atoms. The minimum atomic E-state index is -0.525. The van der Waals surface area contributed by atoms with Gasteiger partial charge >= 0.3 is 23.9 Å². The molecule has 0 spiro atoms. The maximum atomic E-state index is 13.5. The van der Waals surface area contributed by atoms with E-state index in [1.807, 2.05) is 46.7 Å². The lowest BCUT2D eigenvalue weighted by atomic mass is 9.86. The maximum Gasteiger partial charge on any atom is 0.323 e. The largest absolute Gasteiger partial charge is 0.465 e. The van der Waals surface area contributed by atoms with Gasteiger partial charge in [0.2, 0.25) is 0 Å². The van der Waals surface area contributed by atoms with E-state index < -0.39 is 16.9 Å². The van der Waals surface area contributed by atoms with Gasteiger partial charge in [-0.25, -0.2) is 0 Å². The van der Waals surface area contributed by atoms with Crippen molar-refractivity contribution in [2.75, 3.05) is 46.9 Å². The first-order valence-electron chi connectivity index (χ1n) is 29.2. The van der Waals surface area contributed by atoms with E-state index in [1.54, 1.807) is 0 Å². The molecule has 406 valence electrons. The number of unbranched alkanes of at least 4 members (excludes halogenated alkanes) is 18. The highest BCUT2D eigenvalue weighted by Crippen LogP contribution is 2.30. The fraction of sp³-hybridized carbons (Fsp3) is 0.932. The van der Waals surface area contributed by atoms with E-state index in [9.17, 15) is 19.2 Å². The third kappa shape index (κ3) is 32.5. The molecule has 0 saturated carbocycles. The van der Waals surface area contributed by atoms with E-state index in [0.717, 1.165) is 115 Å². The lowest BCUT2D eigenvalue weighted by molar-refractivity contribution is -0.161. The summed E-state index contributed by atoms with van der Waals surface area (Å²) in [7, 11) is 3.87. The zero-order chi connectivity index (χ0) is 51.2. The van der Waals surface area contributed by atoms with E-state index in [4.69, 9.17) is 18.9 Å². The van der Waals surface area contributed by atoms with Gasteiger partial charge in [0, 0.05) is 19.5 Å². The Morgan fingerprint density at radius 1 is 0.551 bits per heavy atom. The topological polar surface area (TPSA) is 112 Å². The average molecular weight is 978 g/mol. The summed E-state index contributed by atoms with van der Waals surface area (Å²) in [5.41, 5.74) is -1.04. The summed E-state index contributed by atoms with van der Waals surface area (Å²) in [6.07, 6.45) is 36.0. The normalized spacial score (nSPS) is 16.1. The van der Waals surface area contributed by atoms with E-state index in [0.29, 0.717) is 39.1 Å². The van der Waals surface area contributed by atoms with Crippen LogP contribution < -0.4 is 0 Å². The van der Waals surface area contributed by atoms with Gasteiger partial charge in [0.1, 0.15) is 18.2 Å². The van der Waals surface area contributed by atoms with Crippen LogP contribution in [0.2, 0.25) is 0 Å². The third-order valence-corrected chi connectivity index (χ3v) is 14.7. The molecule has 1 aliphatic heterocycles. The summed E-state index contributed by atoms with van der Waals surface area (Å²) >= 11 is 0. The number of carbonyl (C=O) groups excluding carboxylic acids is 4. The predicted molar refractivity (Wildman–Crippen MR) is 286 cm³/mol. The molecule has 0 amide bonds. The zero-order valence-electron chi connectivity index (χ0n) is 47.0. The third-order valence-electron chi connectivity index (χ3n) is 14.7. The molecule has 0 aromatic carbocycles. The molecule has 1 unspecified atom stereocenters. The molecule has 0 aromatic heterocycles. The number of ether oxygens (including phenoxy) is 4. The Kier molecular flexibility index (Phi) is 37.9. The molecule has 1 rings (SSSR count). The number of nitrogens with zero attached hydrogens (tertiary/aromatic N) is 2. The lowest BCUT2D eigenvalue weighted by Crippen LogP contribution is -2.38. The van der Waals surface area contributed by atoms with E-state index in [1.165, 1.54) is 103 Å². The summed E-state index contributed by atoms with van der Waals surface area (Å²) in [5.74, 6) is 0.131. The minimum absolute atomic E-state index is 0.0231. The highest BCUT2D eigenvalue weighted by atomic mass is 16.6. The molecular formula is C59H112N2O8. The number of hydrogen-bond donors (Lipinski definition) is 0. The van der Waals surface area contributed by atoms with Crippen molar-refractivity contribution in [2.45, 2.75) is 292 Å². The van der Waals surface area contributed by atoms with Crippen molar-refractivity contribution in [1.82, 2.24) is 9.80 Å². The second-order valence-corrected chi connectivity index (χ2v) is 22.7. The molecule has 0 aliphatic carbocycles. The predicted octanol–water partition coefficient (Wildman–Crippen LogP) is 15.2. The maximum absolute atomic E-state index is 13.5. The Morgan fingerprint density at radius 3 is 1.61 bits per heavy atom. The molecule has 10 heteroatoms. The summed E-state index contributed by atoms with van der Waals surface area (Å²) in [5, 5.41) is 0. The van der Waals surface area contributed by atoms with Crippen LogP contribution in [0, 0.1) is 16.7 Å². The van der Waals surface area contributed by atoms with Gasteiger partial charge in [-0.05, 0) is 118 Å². The Balaban J connectivity index is 2.56. The van der Waals surface area contributed by atoms with E-state index in [2.05, 4.69) is 32.6 Å². The fourth-order valence-electron chi connectivity index (χ4n) is 9.79. The van der Waals surface area contributed by atoms with Gasteiger partial charge in [-0.2, -0.15) is 0 Å². The van der Waals surface area contributed by atoms with Crippen LogP contribution in [0.1, 0.15) is 274 Å². The van der Waals surface area contributed by atoms with Crippen LogP contribution in [0.15, 0.2) is 0 Å². The first kappa shape index (κ1) is 64.8. The van der Waals surface area contributed by atoms with Gasteiger partial charge in [-0.3, -0.25) is 24.1 Å². The Hall–Kier alpha value is -2.20. The molecular weight excluding hydrogens is 865 g/mol. The minimum Gasteiger partial charge on any atom is -0.465 e. The van der Waals surface area contributed by atoms with Gasteiger partial charge in [0.05, 0.1) is 30.5 Å². The van der Waals surface area contributed by atoms with Gasteiger partial charge in [0.15, 0.2) is 0 Å². The molecule has 0 N–H and O–H groups in total. The molecule has 1 saturated heterocycles. The summed E-state index contributed by atoms with van der Waals surface area (Å²) < 4.78 is 23.8. The van der Waals surface area contributed by atoms with Crippen LogP contribution in [0.4, 0.5) is 0 Å². The lowest BCUT2D eigenvalue weighted by Gasteiger charge is -2.27. The number of rotatable bonds is 46. The number of esters is 4. The molecule has 1 heterocycles.